The van der Waals surface area contributed by atoms with Crippen LogP contribution in [-0.4, -0.2) is 45.9 Å². The van der Waals surface area contributed by atoms with Gasteiger partial charge in [-0.3, -0.25) is 4.90 Å². The first-order valence-electron chi connectivity index (χ1n) is 8.24. The molecule has 1 amide bonds. The molecule has 0 saturated carbocycles. The summed E-state index contributed by atoms with van der Waals surface area (Å²) in [6, 6.07) is 0.239. The molecule has 0 unspecified atom stereocenters. The second-order valence-electron chi connectivity index (χ2n) is 7.25. The van der Waals surface area contributed by atoms with E-state index in [0.29, 0.717) is 30.8 Å². The zero-order valence-electron chi connectivity index (χ0n) is 14.8. The number of nitrogens with one attached hydrogen (secondary N) is 1. The van der Waals surface area contributed by atoms with E-state index in [0.717, 1.165) is 19.4 Å². The molecule has 0 bridgehead atoms. The van der Waals surface area contributed by atoms with Crippen LogP contribution in [0.5, 0.6) is 0 Å². The lowest BCUT2D eigenvalue weighted by molar-refractivity contribution is 0.0446. The highest BCUT2D eigenvalue weighted by Gasteiger charge is 2.30. The Kier molecular flexibility index (Phi) is 5.62. The SMILES string of the molecule is Cc1nnc(CN2CCC[C@H](C)[C@H]2CNC(=O)OC(C)(C)C)o1. The third kappa shape index (κ3) is 5.49. The number of hydrogen-bond donors (Lipinski definition) is 1. The topological polar surface area (TPSA) is 80.5 Å². The van der Waals surface area contributed by atoms with E-state index in [9.17, 15) is 4.79 Å². The van der Waals surface area contributed by atoms with E-state index in [4.69, 9.17) is 9.15 Å². The van der Waals surface area contributed by atoms with Crippen molar-refractivity contribution in [2.24, 2.45) is 5.92 Å². The van der Waals surface area contributed by atoms with Crippen molar-refractivity contribution in [3.05, 3.63) is 11.8 Å². The summed E-state index contributed by atoms with van der Waals surface area (Å²) in [5, 5.41) is 10.8. The van der Waals surface area contributed by atoms with Gasteiger partial charge < -0.3 is 14.5 Å². The lowest BCUT2D eigenvalue weighted by atomic mass is 9.90. The van der Waals surface area contributed by atoms with Crippen molar-refractivity contribution in [1.29, 1.82) is 0 Å². The average molecular weight is 324 g/mol. The summed E-state index contributed by atoms with van der Waals surface area (Å²) in [6.45, 7) is 11.7. The molecule has 7 nitrogen and oxygen atoms in total. The van der Waals surface area contributed by atoms with Crippen molar-refractivity contribution >= 4 is 6.09 Å². The summed E-state index contributed by atoms with van der Waals surface area (Å²) in [7, 11) is 0. The van der Waals surface area contributed by atoms with Gasteiger partial charge in [-0.25, -0.2) is 4.79 Å². The third-order valence-electron chi connectivity index (χ3n) is 3.99. The maximum atomic E-state index is 11.9. The van der Waals surface area contributed by atoms with E-state index in [-0.39, 0.29) is 12.1 Å². The van der Waals surface area contributed by atoms with Crippen molar-refractivity contribution in [3.63, 3.8) is 0 Å². The average Bonchev–Trinajstić information content (AvgIpc) is 2.81. The predicted molar refractivity (Wildman–Crippen MR) is 85.9 cm³/mol. The molecule has 1 saturated heterocycles. The largest absolute Gasteiger partial charge is 0.444 e. The van der Waals surface area contributed by atoms with Crippen LogP contribution in [0, 0.1) is 12.8 Å². The van der Waals surface area contributed by atoms with Crippen LogP contribution >= 0.6 is 0 Å². The highest BCUT2D eigenvalue weighted by Crippen LogP contribution is 2.24. The van der Waals surface area contributed by atoms with E-state index in [1.54, 1.807) is 6.92 Å². The number of hydrogen-bond acceptors (Lipinski definition) is 6. The summed E-state index contributed by atoms with van der Waals surface area (Å²) in [4.78, 5) is 14.2. The van der Waals surface area contributed by atoms with Gasteiger partial charge >= 0.3 is 6.09 Å². The number of rotatable bonds is 4. The van der Waals surface area contributed by atoms with Crippen LogP contribution in [0.2, 0.25) is 0 Å². The Morgan fingerprint density at radius 3 is 2.78 bits per heavy atom. The predicted octanol–water partition coefficient (Wildman–Crippen LogP) is 2.50. The number of piperidine rings is 1. The van der Waals surface area contributed by atoms with Crippen LogP contribution in [0.25, 0.3) is 0 Å². The minimum Gasteiger partial charge on any atom is -0.444 e. The molecule has 1 N–H and O–H groups in total. The molecule has 1 aliphatic heterocycles. The second kappa shape index (κ2) is 7.29. The molecule has 130 valence electrons. The van der Waals surface area contributed by atoms with Gasteiger partial charge in [-0.05, 0) is 46.1 Å². The molecule has 0 aliphatic carbocycles. The zero-order chi connectivity index (χ0) is 17.0. The minimum absolute atomic E-state index is 0.239. The fourth-order valence-electron chi connectivity index (χ4n) is 2.94. The summed E-state index contributed by atoms with van der Waals surface area (Å²) in [5.41, 5.74) is -0.483. The number of nitrogens with zero attached hydrogens (tertiary/aromatic N) is 3. The van der Waals surface area contributed by atoms with Gasteiger partial charge in [0.25, 0.3) is 0 Å². The van der Waals surface area contributed by atoms with Gasteiger partial charge in [-0.2, -0.15) is 0 Å². The molecule has 1 aromatic heterocycles. The van der Waals surface area contributed by atoms with Crippen molar-refractivity contribution in [3.8, 4) is 0 Å². The molecule has 0 spiro atoms. The second-order valence-corrected chi connectivity index (χ2v) is 7.25. The highest BCUT2D eigenvalue weighted by molar-refractivity contribution is 5.67. The first kappa shape index (κ1) is 17.7. The molecule has 23 heavy (non-hydrogen) atoms. The molecule has 1 aromatic rings. The lowest BCUT2D eigenvalue weighted by Crippen LogP contribution is -2.50. The number of carbonyl (C=O) groups excluding carboxylic acids is 1. The van der Waals surface area contributed by atoms with Gasteiger partial charge in [-0.1, -0.05) is 6.92 Å². The van der Waals surface area contributed by atoms with Gasteiger partial charge in [0.2, 0.25) is 11.8 Å². The monoisotopic (exact) mass is 324 g/mol. The number of amides is 1. The Hall–Kier alpha value is -1.63. The van der Waals surface area contributed by atoms with Crippen molar-refractivity contribution in [1.82, 2.24) is 20.4 Å². The summed E-state index contributed by atoms with van der Waals surface area (Å²) in [5.74, 6) is 1.69. The molecule has 0 radical (unpaired) electrons. The number of aryl methyl sites for hydroxylation is 1. The molecule has 2 heterocycles. The molecule has 2 atom stereocenters. The molecular weight excluding hydrogens is 296 g/mol. The van der Waals surface area contributed by atoms with E-state index >= 15 is 0 Å². The Labute approximate surface area is 137 Å². The van der Waals surface area contributed by atoms with Crippen LogP contribution < -0.4 is 5.32 Å². The van der Waals surface area contributed by atoms with E-state index in [1.807, 2.05) is 20.8 Å². The minimum atomic E-state index is -0.483. The van der Waals surface area contributed by atoms with Gasteiger partial charge in [0, 0.05) is 19.5 Å². The number of ether oxygens (including phenoxy) is 1. The van der Waals surface area contributed by atoms with Crippen molar-refractivity contribution < 1.29 is 13.9 Å². The van der Waals surface area contributed by atoms with Crippen LogP contribution in [0.3, 0.4) is 0 Å². The number of alkyl carbamates (subject to hydrolysis) is 1. The molecule has 2 rings (SSSR count). The Balaban J connectivity index is 1.93. The fraction of sp³-hybridized carbons (Fsp3) is 0.812. The molecule has 7 heteroatoms. The smallest absolute Gasteiger partial charge is 0.407 e. The van der Waals surface area contributed by atoms with Crippen LogP contribution in [0.4, 0.5) is 4.79 Å². The fourth-order valence-corrected chi connectivity index (χ4v) is 2.94. The van der Waals surface area contributed by atoms with Gasteiger partial charge in [0.15, 0.2) is 0 Å². The molecule has 1 fully saturated rings. The number of carbonyl (C=O) groups is 1. The Morgan fingerprint density at radius 1 is 1.43 bits per heavy atom. The summed E-state index contributed by atoms with van der Waals surface area (Å²) in [6.07, 6.45) is 1.92. The highest BCUT2D eigenvalue weighted by atomic mass is 16.6. The quantitative estimate of drug-likeness (QED) is 0.916. The molecule has 1 aliphatic rings. The van der Waals surface area contributed by atoms with Crippen molar-refractivity contribution in [2.45, 2.75) is 65.6 Å². The number of likely N-dealkylation sites (tertiary alicyclic amines) is 1. The first-order chi connectivity index (χ1) is 10.7. The van der Waals surface area contributed by atoms with Crippen molar-refractivity contribution in [2.75, 3.05) is 13.1 Å². The number of aromatic nitrogens is 2. The van der Waals surface area contributed by atoms with E-state index in [2.05, 4.69) is 27.3 Å². The Morgan fingerprint density at radius 2 is 2.17 bits per heavy atom. The standard InChI is InChI=1S/C16H28N4O3/c1-11-7-6-8-20(10-14-19-18-12(2)22-14)13(11)9-17-15(21)23-16(3,4)5/h11,13H,6-10H2,1-5H3,(H,17,21)/t11-,13+/m0/s1. The van der Waals surface area contributed by atoms with Crippen LogP contribution in [0.15, 0.2) is 4.42 Å². The Bertz CT molecular complexity index is 524. The molecular formula is C16H28N4O3. The molecule has 0 aromatic carbocycles. The van der Waals surface area contributed by atoms with E-state index < -0.39 is 5.60 Å². The van der Waals surface area contributed by atoms with Gasteiger partial charge in [0.05, 0.1) is 6.54 Å². The van der Waals surface area contributed by atoms with E-state index in [1.165, 1.54) is 0 Å². The maximum Gasteiger partial charge on any atom is 0.407 e. The normalized spacial score (nSPS) is 22.8. The summed E-state index contributed by atoms with van der Waals surface area (Å²) < 4.78 is 10.8. The van der Waals surface area contributed by atoms with Gasteiger partial charge in [-0.15, -0.1) is 10.2 Å². The zero-order valence-corrected chi connectivity index (χ0v) is 14.8. The summed E-state index contributed by atoms with van der Waals surface area (Å²) >= 11 is 0. The maximum absolute atomic E-state index is 11.9. The van der Waals surface area contributed by atoms with Crippen LogP contribution in [0.1, 0.15) is 52.3 Å². The van der Waals surface area contributed by atoms with Gasteiger partial charge in [0.1, 0.15) is 5.60 Å². The first-order valence-corrected chi connectivity index (χ1v) is 8.24. The lowest BCUT2D eigenvalue weighted by Gasteiger charge is -2.39. The third-order valence-corrected chi connectivity index (χ3v) is 3.99. The van der Waals surface area contributed by atoms with Crippen LogP contribution in [-0.2, 0) is 11.3 Å².